The van der Waals surface area contributed by atoms with Crippen molar-refractivity contribution in [3.8, 4) is 0 Å². The third kappa shape index (κ3) is 6.40. The Morgan fingerprint density at radius 1 is 0.900 bits per heavy atom. The molecule has 1 heterocycles. The second kappa shape index (κ2) is 11.1. The van der Waals surface area contributed by atoms with Crippen molar-refractivity contribution in [2.45, 2.75) is 27.1 Å². The van der Waals surface area contributed by atoms with Crippen LogP contribution >= 0.6 is 0 Å². The smallest absolute Gasteiger partial charge is 0.0541 e. The van der Waals surface area contributed by atoms with Gasteiger partial charge in [0.25, 0.3) is 0 Å². The minimum atomic E-state index is 0. The van der Waals surface area contributed by atoms with Crippen LogP contribution in [0.1, 0.15) is 24.2 Å². The summed E-state index contributed by atoms with van der Waals surface area (Å²) in [6.07, 6.45) is 1.81. The van der Waals surface area contributed by atoms with Crippen molar-refractivity contribution >= 4 is 0 Å². The van der Waals surface area contributed by atoms with E-state index in [9.17, 15) is 0 Å². The lowest BCUT2D eigenvalue weighted by atomic mass is 10.1. The van der Waals surface area contributed by atoms with Gasteiger partial charge in [-0.25, -0.2) is 0 Å². The van der Waals surface area contributed by atoms with Gasteiger partial charge in [-0.1, -0.05) is 37.8 Å². The van der Waals surface area contributed by atoms with Crippen molar-refractivity contribution in [2.75, 3.05) is 0 Å². The van der Waals surface area contributed by atoms with Crippen LogP contribution in [-0.4, -0.2) is 4.98 Å². The molecule has 0 unspecified atom stereocenters. The quantitative estimate of drug-likeness (QED) is 0.669. The molecule has 9 N–H and O–H groups in total. The Hall–Kier alpha value is -1.79. The lowest BCUT2D eigenvalue weighted by Gasteiger charge is -2.05. The highest BCUT2D eigenvalue weighted by molar-refractivity contribution is 5.22. The molecular weight excluding hydrogens is 250 g/mol. The molecule has 112 valence electrons. The maximum absolute atomic E-state index is 5.55. The Morgan fingerprint density at radius 2 is 1.55 bits per heavy atom. The van der Waals surface area contributed by atoms with Crippen LogP contribution in [0.25, 0.3) is 0 Å². The average molecular weight is 277 g/mol. The molecule has 5 heteroatoms. The molecule has 20 heavy (non-hydrogen) atoms. The molecule has 2 rings (SSSR count). The molecule has 0 amide bonds. The van der Waals surface area contributed by atoms with Gasteiger partial charge in [0, 0.05) is 25.8 Å². The van der Waals surface area contributed by atoms with Gasteiger partial charge < -0.3 is 23.4 Å². The fraction of sp³-hybridized carbons (Fsp3) is 0.267. The van der Waals surface area contributed by atoms with Crippen LogP contribution in [0.5, 0.6) is 0 Å². The number of rotatable bonds is 5. The number of nitrogens with zero attached hydrogens (tertiary/aromatic N) is 1. The van der Waals surface area contributed by atoms with Crippen LogP contribution in [0, 0.1) is 0 Å². The first kappa shape index (κ1) is 20.5. The number of benzene rings is 1. The van der Waals surface area contributed by atoms with E-state index in [0.29, 0.717) is 6.54 Å². The van der Waals surface area contributed by atoms with E-state index in [0.717, 1.165) is 18.8 Å². The van der Waals surface area contributed by atoms with Crippen molar-refractivity contribution < 1.29 is 0 Å². The van der Waals surface area contributed by atoms with Crippen LogP contribution in [-0.2, 0) is 19.6 Å². The number of hydrogen-bond donors (Lipinski definition) is 4. The summed E-state index contributed by atoms with van der Waals surface area (Å²) in [6.45, 7) is 2.24. The zero-order valence-electron chi connectivity index (χ0n) is 11.2. The minimum absolute atomic E-state index is 0. The van der Waals surface area contributed by atoms with Gasteiger partial charge in [0.05, 0.1) is 5.69 Å². The van der Waals surface area contributed by atoms with Crippen LogP contribution in [0.15, 0.2) is 48.7 Å². The van der Waals surface area contributed by atoms with Crippen LogP contribution in [0.2, 0.25) is 0 Å². The van der Waals surface area contributed by atoms with Gasteiger partial charge in [-0.2, -0.15) is 0 Å². The SMILES string of the molecule is C.N.N.NCc1ccc(CNCc2ccccn2)cc1. The first-order valence-corrected chi connectivity index (χ1v) is 5.77. The molecule has 2 aromatic rings. The van der Waals surface area contributed by atoms with E-state index in [2.05, 4.69) is 34.6 Å². The lowest BCUT2D eigenvalue weighted by molar-refractivity contribution is 0.679. The third-order valence-electron chi connectivity index (χ3n) is 2.62. The Morgan fingerprint density at radius 3 is 2.10 bits per heavy atom. The zero-order chi connectivity index (χ0) is 11.9. The molecule has 5 nitrogen and oxygen atoms in total. The summed E-state index contributed by atoms with van der Waals surface area (Å²) in [7, 11) is 0. The summed E-state index contributed by atoms with van der Waals surface area (Å²) in [5.74, 6) is 0. The Kier molecular flexibility index (Phi) is 11.4. The fourth-order valence-electron chi connectivity index (χ4n) is 1.63. The van der Waals surface area contributed by atoms with Crippen molar-refractivity contribution in [2.24, 2.45) is 5.73 Å². The predicted molar refractivity (Wildman–Crippen MR) is 85.9 cm³/mol. The van der Waals surface area contributed by atoms with Gasteiger partial charge in [-0.05, 0) is 23.3 Å². The molecule has 0 aliphatic heterocycles. The van der Waals surface area contributed by atoms with E-state index in [-0.39, 0.29) is 19.7 Å². The van der Waals surface area contributed by atoms with Crippen LogP contribution in [0.3, 0.4) is 0 Å². The molecule has 1 aromatic carbocycles. The van der Waals surface area contributed by atoms with Crippen molar-refractivity contribution in [3.63, 3.8) is 0 Å². The van der Waals surface area contributed by atoms with Crippen molar-refractivity contribution in [1.82, 2.24) is 22.6 Å². The van der Waals surface area contributed by atoms with Gasteiger partial charge in [0.2, 0.25) is 0 Å². The second-order valence-electron chi connectivity index (χ2n) is 3.95. The van der Waals surface area contributed by atoms with Gasteiger partial charge in [-0.3, -0.25) is 4.98 Å². The zero-order valence-corrected chi connectivity index (χ0v) is 11.2. The Balaban J connectivity index is 0. The lowest BCUT2D eigenvalue weighted by Crippen LogP contribution is -2.13. The number of pyridine rings is 1. The van der Waals surface area contributed by atoms with E-state index in [1.54, 1.807) is 0 Å². The molecule has 0 atom stereocenters. The minimum Gasteiger partial charge on any atom is -0.344 e. The largest absolute Gasteiger partial charge is 0.344 e. The number of nitrogens with two attached hydrogens (primary N) is 1. The van der Waals surface area contributed by atoms with Crippen molar-refractivity contribution in [3.05, 3.63) is 65.5 Å². The number of aromatic nitrogens is 1. The Labute approximate surface area is 121 Å². The Bertz CT molecular complexity index is 442. The molecule has 0 saturated carbocycles. The van der Waals surface area contributed by atoms with Gasteiger partial charge in [-0.15, -0.1) is 0 Å². The van der Waals surface area contributed by atoms with Crippen molar-refractivity contribution in [1.29, 1.82) is 0 Å². The molecule has 0 fully saturated rings. The average Bonchev–Trinajstić information content (AvgIpc) is 2.41. The molecule has 0 saturated heterocycles. The number of hydrogen-bond acceptors (Lipinski definition) is 5. The highest BCUT2D eigenvalue weighted by Gasteiger charge is 1.95. The molecule has 0 radical (unpaired) electrons. The van der Waals surface area contributed by atoms with Crippen LogP contribution in [0.4, 0.5) is 0 Å². The summed E-state index contributed by atoms with van der Waals surface area (Å²) in [5.41, 5.74) is 9.04. The first-order chi connectivity index (χ1) is 8.38. The topological polar surface area (TPSA) is 121 Å². The third-order valence-corrected chi connectivity index (χ3v) is 2.62. The summed E-state index contributed by atoms with van der Waals surface area (Å²) in [4.78, 5) is 4.26. The molecule has 1 aromatic heterocycles. The van der Waals surface area contributed by atoms with E-state index in [4.69, 9.17) is 5.73 Å². The summed E-state index contributed by atoms with van der Waals surface area (Å²) in [6, 6.07) is 14.3. The molecule has 0 bridgehead atoms. The first-order valence-electron chi connectivity index (χ1n) is 5.77. The maximum atomic E-state index is 5.55. The number of nitrogens with one attached hydrogen (secondary N) is 1. The fourth-order valence-corrected chi connectivity index (χ4v) is 1.63. The van der Waals surface area contributed by atoms with E-state index in [1.807, 2.05) is 24.4 Å². The predicted octanol–water partition coefficient (Wildman–Crippen LogP) is 2.79. The highest BCUT2D eigenvalue weighted by atomic mass is 14.9. The maximum Gasteiger partial charge on any atom is 0.0541 e. The van der Waals surface area contributed by atoms with Crippen LogP contribution < -0.4 is 23.4 Å². The summed E-state index contributed by atoms with van der Waals surface area (Å²) in [5, 5.41) is 3.36. The highest BCUT2D eigenvalue weighted by Crippen LogP contribution is 2.03. The summed E-state index contributed by atoms with van der Waals surface area (Å²) < 4.78 is 0. The molecular formula is C15H27N5. The van der Waals surface area contributed by atoms with Gasteiger partial charge >= 0.3 is 0 Å². The molecule has 0 aliphatic rings. The standard InChI is InChI=1S/C14H17N3.CH4.2H3N/c15-9-12-4-6-13(7-5-12)10-16-11-14-3-1-2-8-17-14;;;/h1-8,16H,9-11,15H2;1H4;2*1H3. The van der Waals surface area contributed by atoms with E-state index in [1.165, 1.54) is 11.1 Å². The van der Waals surface area contributed by atoms with E-state index >= 15 is 0 Å². The normalized spacial score (nSPS) is 8.85. The summed E-state index contributed by atoms with van der Waals surface area (Å²) >= 11 is 0. The molecule has 0 aliphatic carbocycles. The monoisotopic (exact) mass is 277 g/mol. The van der Waals surface area contributed by atoms with Gasteiger partial charge in [0.1, 0.15) is 0 Å². The van der Waals surface area contributed by atoms with E-state index < -0.39 is 0 Å². The van der Waals surface area contributed by atoms with Gasteiger partial charge in [0.15, 0.2) is 0 Å². The molecule has 0 spiro atoms. The second-order valence-corrected chi connectivity index (χ2v) is 3.95.